The SMILES string of the molecule is COC(=O)c1cc(F)c([O])cc1F. The Kier molecular flexibility index (Phi) is 2.46. The van der Waals surface area contributed by atoms with Gasteiger partial charge in [-0.2, -0.15) is 0 Å². The van der Waals surface area contributed by atoms with Crippen LogP contribution in [0.4, 0.5) is 8.78 Å². The van der Waals surface area contributed by atoms with Gasteiger partial charge in [0.1, 0.15) is 5.82 Å². The van der Waals surface area contributed by atoms with Crippen molar-refractivity contribution in [2.45, 2.75) is 0 Å². The van der Waals surface area contributed by atoms with E-state index in [1.165, 1.54) is 0 Å². The molecule has 0 saturated heterocycles. The lowest BCUT2D eigenvalue weighted by Crippen LogP contribution is -2.04. The first-order chi connectivity index (χ1) is 6.06. The van der Waals surface area contributed by atoms with Gasteiger partial charge in [0, 0.05) is 6.07 Å². The van der Waals surface area contributed by atoms with Crippen LogP contribution in [0.5, 0.6) is 5.75 Å². The van der Waals surface area contributed by atoms with E-state index in [2.05, 4.69) is 4.74 Å². The first kappa shape index (κ1) is 9.44. The van der Waals surface area contributed by atoms with Gasteiger partial charge in [-0.15, -0.1) is 0 Å². The molecule has 0 atom stereocenters. The van der Waals surface area contributed by atoms with E-state index < -0.39 is 28.9 Å². The van der Waals surface area contributed by atoms with Crippen LogP contribution in [0.1, 0.15) is 10.4 Å². The molecule has 1 aromatic rings. The summed E-state index contributed by atoms with van der Waals surface area (Å²) in [6, 6.07) is 0.922. The second-order valence-electron chi connectivity index (χ2n) is 2.25. The molecule has 1 aromatic carbocycles. The van der Waals surface area contributed by atoms with Gasteiger partial charge in [-0.05, 0) is 6.07 Å². The number of carbonyl (C=O) groups is 1. The maximum atomic E-state index is 12.8. The van der Waals surface area contributed by atoms with Crippen molar-refractivity contribution in [3.8, 4) is 5.75 Å². The number of methoxy groups -OCH3 is 1. The summed E-state index contributed by atoms with van der Waals surface area (Å²) < 4.78 is 29.5. The van der Waals surface area contributed by atoms with E-state index in [9.17, 15) is 18.7 Å². The van der Waals surface area contributed by atoms with E-state index in [1.807, 2.05) is 0 Å². The highest BCUT2D eigenvalue weighted by Crippen LogP contribution is 2.20. The Labute approximate surface area is 72.6 Å². The lowest BCUT2D eigenvalue weighted by Gasteiger charge is -2.00. The minimum Gasteiger partial charge on any atom is -0.465 e. The largest absolute Gasteiger partial charge is 0.465 e. The van der Waals surface area contributed by atoms with Gasteiger partial charge < -0.3 is 4.74 Å². The summed E-state index contributed by atoms with van der Waals surface area (Å²) in [5.41, 5.74) is -0.584. The summed E-state index contributed by atoms with van der Waals surface area (Å²) in [6.07, 6.45) is 0. The zero-order valence-electron chi connectivity index (χ0n) is 6.64. The molecule has 0 unspecified atom stereocenters. The van der Waals surface area contributed by atoms with Gasteiger partial charge in [-0.3, -0.25) is 5.11 Å². The molecule has 0 bridgehead atoms. The van der Waals surface area contributed by atoms with Gasteiger partial charge in [-0.1, -0.05) is 0 Å². The van der Waals surface area contributed by atoms with Crippen molar-refractivity contribution >= 4 is 5.97 Å². The molecule has 1 rings (SSSR count). The number of halogens is 2. The first-order valence-electron chi connectivity index (χ1n) is 3.30. The molecule has 0 fully saturated rings. The lowest BCUT2D eigenvalue weighted by atomic mass is 10.2. The predicted octanol–water partition coefficient (Wildman–Crippen LogP) is 1.90. The lowest BCUT2D eigenvalue weighted by molar-refractivity contribution is 0.0594. The number of esters is 1. The Morgan fingerprint density at radius 1 is 1.31 bits per heavy atom. The molecule has 1 radical (unpaired) electrons. The van der Waals surface area contributed by atoms with Gasteiger partial charge in [0.05, 0.1) is 12.7 Å². The van der Waals surface area contributed by atoms with Crippen molar-refractivity contribution in [3.05, 3.63) is 29.3 Å². The zero-order chi connectivity index (χ0) is 10.0. The Morgan fingerprint density at radius 2 is 1.92 bits per heavy atom. The molecule has 0 spiro atoms. The highest BCUT2D eigenvalue weighted by atomic mass is 19.1. The molecule has 0 aliphatic rings. The third kappa shape index (κ3) is 1.74. The van der Waals surface area contributed by atoms with E-state index in [1.54, 1.807) is 0 Å². The van der Waals surface area contributed by atoms with Crippen LogP contribution in [0.15, 0.2) is 12.1 Å². The Balaban J connectivity index is 3.23. The van der Waals surface area contributed by atoms with Crippen molar-refractivity contribution in [1.29, 1.82) is 0 Å². The number of hydrogen-bond donors (Lipinski definition) is 0. The summed E-state index contributed by atoms with van der Waals surface area (Å²) in [5.74, 6) is -4.37. The number of rotatable bonds is 1. The molecule has 0 heterocycles. The molecule has 0 amide bonds. The summed E-state index contributed by atoms with van der Waals surface area (Å²) in [4.78, 5) is 10.8. The first-order valence-corrected chi connectivity index (χ1v) is 3.30. The van der Waals surface area contributed by atoms with Crippen molar-refractivity contribution < 1.29 is 23.4 Å². The zero-order valence-corrected chi connectivity index (χ0v) is 6.64. The average molecular weight is 187 g/mol. The van der Waals surface area contributed by atoms with Crippen LogP contribution in [-0.2, 0) is 9.84 Å². The average Bonchev–Trinajstić information content (AvgIpc) is 2.10. The summed E-state index contributed by atoms with van der Waals surface area (Å²) in [7, 11) is 1.03. The molecule has 0 aromatic heterocycles. The Hall–Kier alpha value is -1.65. The molecular weight excluding hydrogens is 182 g/mol. The molecular formula is C8H5F2O3. The molecule has 13 heavy (non-hydrogen) atoms. The molecule has 69 valence electrons. The second kappa shape index (κ2) is 3.38. The van der Waals surface area contributed by atoms with Gasteiger partial charge >= 0.3 is 5.97 Å². The highest BCUT2D eigenvalue weighted by Gasteiger charge is 2.16. The van der Waals surface area contributed by atoms with E-state index >= 15 is 0 Å². The monoisotopic (exact) mass is 187 g/mol. The topological polar surface area (TPSA) is 46.2 Å². The summed E-state index contributed by atoms with van der Waals surface area (Å²) in [6.45, 7) is 0. The van der Waals surface area contributed by atoms with E-state index in [0.29, 0.717) is 12.1 Å². The number of hydrogen-bond acceptors (Lipinski definition) is 2. The number of carbonyl (C=O) groups excluding carboxylic acids is 1. The summed E-state index contributed by atoms with van der Waals surface area (Å²) >= 11 is 0. The van der Waals surface area contributed by atoms with Crippen LogP contribution in [0.3, 0.4) is 0 Å². The van der Waals surface area contributed by atoms with Crippen LogP contribution < -0.4 is 0 Å². The Morgan fingerprint density at radius 3 is 2.46 bits per heavy atom. The maximum absolute atomic E-state index is 12.8. The quantitative estimate of drug-likeness (QED) is 0.630. The fourth-order valence-electron chi connectivity index (χ4n) is 0.795. The van der Waals surface area contributed by atoms with Gasteiger partial charge in [0.15, 0.2) is 5.82 Å². The van der Waals surface area contributed by atoms with Crippen molar-refractivity contribution in [3.63, 3.8) is 0 Å². The summed E-state index contributed by atoms with van der Waals surface area (Å²) in [5, 5.41) is 10.5. The fourth-order valence-corrected chi connectivity index (χ4v) is 0.795. The van der Waals surface area contributed by atoms with Crippen LogP contribution in [0.25, 0.3) is 0 Å². The third-order valence-electron chi connectivity index (χ3n) is 1.43. The number of benzene rings is 1. The Bertz CT molecular complexity index is 349. The van der Waals surface area contributed by atoms with Gasteiger partial charge in [-0.25, -0.2) is 13.6 Å². The van der Waals surface area contributed by atoms with Gasteiger partial charge in [0.25, 0.3) is 0 Å². The molecule has 0 saturated carbocycles. The third-order valence-corrected chi connectivity index (χ3v) is 1.43. The maximum Gasteiger partial charge on any atom is 0.340 e. The number of ether oxygens (including phenoxy) is 1. The van der Waals surface area contributed by atoms with Crippen molar-refractivity contribution in [2.24, 2.45) is 0 Å². The van der Waals surface area contributed by atoms with Crippen molar-refractivity contribution in [1.82, 2.24) is 0 Å². The highest BCUT2D eigenvalue weighted by molar-refractivity contribution is 5.89. The van der Waals surface area contributed by atoms with Crippen LogP contribution in [-0.4, -0.2) is 13.1 Å². The standard InChI is InChI=1S/C8H5F2O3/c1-13-8(12)4-2-6(10)7(11)3-5(4)9/h2-3H,1H3. The second-order valence-corrected chi connectivity index (χ2v) is 2.25. The minimum absolute atomic E-state index is 0.404. The fraction of sp³-hybridized carbons (Fsp3) is 0.125. The van der Waals surface area contributed by atoms with Crippen LogP contribution in [0.2, 0.25) is 0 Å². The smallest absolute Gasteiger partial charge is 0.340 e. The van der Waals surface area contributed by atoms with Gasteiger partial charge in [0.2, 0.25) is 5.75 Å². The van der Waals surface area contributed by atoms with E-state index in [-0.39, 0.29) is 0 Å². The minimum atomic E-state index is -1.18. The molecule has 0 N–H and O–H groups in total. The molecule has 0 aliphatic heterocycles. The van der Waals surface area contributed by atoms with Crippen LogP contribution in [0, 0.1) is 11.6 Å². The predicted molar refractivity (Wildman–Crippen MR) is 37.8 cm³/mol. The molecule has 0 aliphatic carbocycles. The van der Waals surface area contributed by atoms with E-state index in [4.69, 9.17) is 0 Å². The van der Waals surface area contributed by atoms with E-state index in [0.717, 1.165) is 7.11 Å². The molecule has 5 heteroatoms. The van der Waals surface area contributed by atoms with Crippen molar-refractivity contribution in [2.75, 3.05) is 7.11 Å². The normalized spacial score (nSPS) is 9.77. The molecule has 3 nitrogen and oxygen atoms in total. The van der Waals surface area contributed by atoms with Crippen LogP contribution >= 0.6 is 0 Å².